The lowest BCUT2D eigenvalue weighted by atomic mass is 9.90. The van der Waals surface area contributed by atoms with E-state index in [-0.39, 0.29) is 17.9 Å². The Hall–Kier alpha value is -1.91. The van der Waals surface area contributed by atoms with E-state index in [4.69, 9.17) is 0 Å². The van der Waals surface area contributed by atoms with Crippen LogP contribution in [0.2, 0.25) is 0 Å². The number of nitrogens with one attached hydrogen (secondary N) is 2. The molecule has 0 radical (unpaired) electrons. The summed E-state index contributed by atoms with van der Waals surface area (Å²) in [5.74, 6) is -0.558. The Balaban J connectivity index is 2.59. The number of carbonyl (C=O) groups excluding carboxylic acids is 2. The average Bonchev–Trinajstić information content (AvgIpc) is 2.36. The molecule has 0 spiro atoms. The summed E-state index contributed by atoms with van der Waals surface area (Å²) in [6.07, 6.45) is 3.33. The monoisotopic (exact) mass is 263 g/mol. The van der Waals surface area contributed by atoms with Gasteiger partial charge in [0.2, 0.25) is 11.8 Å². The molecule has 5 heteroatoms. The van der Waals surface area contributed by atoms with Crippen molar-refractivity contribution in [3.63, 3.8) is 0 Å². The molecule has 0 aromatic carbocycles. The molecule has 0 saturated heterocycles. The largest absolute Gasteiger partial charge is 0.353 e. The summed E-state index contributed by atoms with van der Waals surface area (Å²) >= 11 is 0. The Labute approximate surface area is 113 Å². The van der Waals surface area contributed by atoms with Crippen LogP contribution in [-0.2, 0) is 16.1 Å². The van der Waals surface area contributed by atoms with Crippen LogP contribution >= 0.6 is 0 Å². The van der Waals surface area contributed by atoms with Crippen molar-refractivity contribution in [2.45, 2.75) is 40.3 Å². The van der Waals surface area contributed by atoms with Crippen molar-refractivity contribution in [1.82, 2.24) is 15.6 Å². The summed E-state index contributed by atoms with van der Waals surface area (Å²) in [4.78, 5) is 27.9. The van der Waals surface area contributed by atoms with Crippen molar-refractivity contribution in [1.29, 1.82) is 0 Å². The predicted molar refractivity (Wildman–Crippen MR) is 73.1 cm³/mol. The molecule has 0 aliphatic carbocycles. The molecule has 2 amide bonds. The molecule has 0 unspecified atom stereocenters. The van der Waals surface area contributed by atoms with Crippen molar-refractivity contribution in [2.24, 2.45) is 5.41 Å². The van der Waals surface area contributed by atoms with Crippen LogP contribution in [-0.4, -0.2) is 22.8 Å². The van der Waals surface area contributed by atoms with Crippen LogP contribution < -0.4 is 10.6 Å². The molecule has 0 fully saturated rings. The van der Waals surface area contributed by atoms with E-state index in [0.29, 0.717) is 6.54 Å². The minimum Gasteiger partial charge on any atom is -0.353 e. The lowest BCUT2D eigenvalue weighted by Gasteiger charge is -2.24. The first kappa shape index (κ1) is 15.1. The molecule has 1 aromatic heterocycles. The van der Waals surface area contributed by atoms with Gasteiger partial charge in [-0.05, 0) is 45.4 Å². The number of amides is 2. The highest BCUT2D eigenvalue weighted by molar-refractivity contribution is 6.04. The molecule has 0 saturated carbocycles. The fourth-order valence-corrected chi connectivity index (χ4v) is 1.45. The minimum atomic E-state index is -1.09. The summed E-state index contributed by atoms with van der Waals surface area (Å²) in [5.41, 5.74) is -0.138. The zero-order chi connectivity index (χ0) is 14.5. The van der Waals surface area contributed by atoms with Gasteiger partial charge in [-0.15, -0.1) is 0 Å². The molecule has 1 rings (SSSR count). The molecule has 0 aliphatic rings. The van der Waals surface area contributed by atoms with Gasteiger partial charge in [-0.2, -0.15) is 0 Å². The van der Waals surface area contributed by atoms with Crippen LogP contribution in [0.5, 0.6) is 0 Å². The Kier molecular flexibility index (Phi) is 5.03. The molecule has 2 N–H and O–H groups in total. The van der Waals surface area contributed by atoms with E-state index in [2.05, 4.69) is 15.6 Å². The van der Waals surface area contributed by atoms with Crippen LogP contribution in [0.25, 0.3) is 0 Å². The van der Waals surface area contributed by atoms with Gasteiger partial charge < -0.3 is 10.6 Å². The third-order valence-electron chi connectivity index (χ3n) is 2.76. The maximum Gasteiger partial charge on any atom is 0.235 e. The van der Waals surface area contributed by atoms with E-state index >= 15 is 0 Å². The van der Waals surface area contributed by atoms with Crippen molar-refractivity contribution in [3.05, 3.63) is 30.1 Å². The topological polar surface area (TPSA) is 71.1 Å². The van der Waals surface area contributed by atoms with Crippen LogP contribution in [0.4, 0.5) is 0 Å². The number of hydrogen-bond donors (Lipinski definition) is 2. The average molecular weight is 263 g/mol. The number of carbonyl (C=O) groups is 2. The zero-order valence-electron chi connectivity index (χ0n) is 11.9. The van der Waals surface area contributed by atoms with Gasteiger partial charge in [0, 0.05) is 25.0 Å². The maximum absolute atomic E-state index is 12.1. The van der Waals surface area contributed by atoms with Gasteiger partial charge in [-0.1, -0.05) is 0 Å². The number of aromatic nitrogens is 1. The molecule has 5 nitrogen and oxygen atoms in total. The Bertz CT molecular complexity index is 441. The van der Waals surface area contributed by atoms with Crippen molar-refractivity contribution < 1.29 is 9.59 Å². The molecular formula is C14H21N3O2. The highest BCUT2D eigenvalue weighted by atomic mass is 16.2. The number of hydrogen-bond acceptors (Lipinski definition) is 3. The van der Waals surface area contributed by atoms with Gasteiger partial charge in [0.1, 0.15) is 5.41 Å². The first-order valence-electron chi connectivity index (χ1n) is 6.32. The second-order valence-corrected chi connectivity index (χ2v) is 5.29. The molecule has 104 valence electrons. The lowest BCUT2D eigenvalue weighted by molar-refractivity contribution is -0.141. The highest BCUT2D eigenvalue weighted by Crippen LogP contribution is 2.16. The van der Waals surface area contributed by atoms with Gasteiger partial charge in [0.25, 0.3) is 0 Å². The normalized spacial score (nSPS) is 11.2. The van der Waals surface area contributed by atoms with E-state index < -0.39 is 5.41 Å². The molecule has 1 heterocycles. The molecule has 0 aliphatic heterocycles. The van der Waals surface area contributed by atoms with E-state index in [1.54, 1.807) is 26.2 Å². The summed E-state index contributed by atoms with van der Waals surface area (Å²) in [7, 11) is 0. The number of rotatable bonds is 5. The van der Waals surface area contributed by atoms with Crippen molar-refractivity contribution in [2.75, 3.05) is 0 Å². The predicted octanol–water partition coefficient (Wildman–Crippen LogP) is 1.25. The third-order valence-corrected chi connectivity index (χ3v) is 2.76. The van der Waals surface area contributed by atoms with Crippen molar-refractivity contribution >= 4 is 11.8 Å². The first-order valence-corrected chi connectivity index (χ1v) is 6.32. The first-order chi connectivity index (χ1) is 8.84. The SMILES string of the molecule is CC(C)NC(=O)C(C)(C)C(=O)NCc1ccncc1. The molecule has 0 atom stereocenters. The van der Waals surface area contributed by atoms with Crippen LogP contribution in [0, 0.1) is 5.41 Å². The summed E-state index contributed by atoms with van der Waals surface area (Å²) in [6, 6.07) is 3.66. The number of pyridine rings is 1. The second-order valence-electron chi connectivity index (χ2n) is 5.29. The summed E-state index contributed by atoms with van der Waals surface area (Å²) in [5, 5.41) is 5.52. The van der Waals surface area contributed by atoms with E-state index in [0.717, 1.165) is 5.56 Å². The number of nitrogens with zero attached hydrogens (tertiary/aromatic N) is 1. The summed E-state index contributed by atoms with van der Waals surface area (Å²) < 4.78 is 0. The fraction of sp³-hybridized carbons (Fsp3) is 0.500. The second kappa shape index (κ2) is 6.31. The van der Waals surface area contributed by atoms with Gasteiger partial charge in [0.05, 0.1) is 0 Å². The minimum absolute atomic E-state index is 0.0137. The van der Waals surface area contributed by atoms with Gasteiger partial charge in [-0.25, -0.2) is 0 Å². The smallest absolute Gasteiger partial charge is 0.235 e. The van der Waals surface area contributed by atoms with E-state index in [1.165, 1.54) is 0 Å². The molecule has 0 bridgehead atoms. The standard InChI is InChI=1S/C14H21N3O2/c1-10(2)17-13(19)14(3,4)12(18)16-9-11-5-7-15-8-6-11/h5-8,10H,9H2,1-4H3,(H,16,18)(H,17,19). The third kappa shape index (κ3) is 4.35. The van der Waals surface area contributed by atoms with Crippen LogP contribution in [0.15, 0.2) is 24.5 Å². The van der Waals surface area contributed by atoms with Crippen LogP contribution in [0.1, 0.15) is 33.3 Å². The van der Waals surface area contributed by atoms with Gasteiger partial charge >= 0.3 is 0 Å². The van der Waals surface area contributed by atoms with E-state index in [1.807, 2.05) is 26.0 Å². The molecule has 19 heavy (non-hydrogen) atoms. The molecule has 1 aromatic rings. The lowest BCUT2D eigenvalue weighted by Crippen LogP contribution is -2.49. The Morgan fingerprint density at radius 1 is 1.21 bits per heavy atom. The van der Waals surface area contributed by atoms with Gasteiger partial charge in [-0.3, -0.25) is 14.6 Å². The maximum atomic E-state index is 12.1. The summed E-state index contributed by atoms with van der Waals surface area (Å²) in [6.45, 7) is 7.35. The fourth-order valence-electron chi connectivity index (χ4n) is 1.45. The Morgan fingerprint density at radius 2 is 1.79 bits per heavy atom. The highest BCUT2D eigenvalue weighted by Gasteiger charge is 2.35. The molecular weight excluding hydrogens is 242 g/mol. The van der Waals surface area contributed by atoms with Crippen molar-refractivity contribution in [3.8, 4) is 0 Å². The van der Waals surface area contributed by atoms with Crippen LogP contribution in [0.3, 0.4) is 0 Å². The zero-order valence-corrected chi connectivity index (χ0v) is 11.9. The van der Waals surface area contributed by atoms with Gasteiger partial charge in [0.15, 0.2) is 0 Å². The Morgan fingerprint density at radius 3 is 2.32 bits per heavy atom. The quantitative estimate of drug-likeness (QED) is 0.785. The van der Waals surface area contributed by atoms with E-state index in [9.17, 15) is 9.59 Å².